The van der Waals surface area contributed by atoms with E-state index in [1.807, 2.05) is 61.5 Å². The average Bonchev–Trinajstić information content (AvgIpc) is 3.02. The van der Waals surface area contributed by atoms with Crippen molar-refractivity contribution in [1.29, 1.82) is 0 Å². The van der Waals surface area contributed by atoms with Gasteiger partial charge in [-0.05, 0) is 50.3 Å². The molecule has 5 heteroatoms. The first-order chi connectivity index (χ1) is 12.1. The minimum Gasteiger partial charge on any atom is -0.425 e. The quantitative estimate of drug-likeness (QED) is 0.621. The number of likely N-dealkylation sites (N-methyl/N-ethyl adjacent to an activating group) is 1. The van der Waals surface area contributed by atoms with Gasteiger partial charge in [0.1, 0.15) is 11.8 Å². The highest BCUT2D eigenvalue weighted by molar-refractivity contribution is 5.95. The highest BCUT2D eigenvalue weighted by Gasteiger charge is 2.25. The van der Waals surface area contributed by atoms with Crippen LogP contribution in [0.4, 0.5) is 5.69 Å². The van der Waals surface area contributed by atoms with Crippen molar-refractivity contribution in [2.75, 3.05) is 25.5 Å². The molecule has 1 fully saturated rings. The van der Waals surface area contributed by atoms with E-state index in [1.54, 1.807) is 17.0 Å². The molecule has 5 nitrogen and oxygen atoms in total. The summed E-state index contributed by atoms with van der Waals surface area (Å²) >= 11 is 0. The van der Waals surface area contributed by atoms with E-state index in [9.17, 15) is 9.59 Å². The fourth-order valence-corrected chi connectivity index (χ4v) is 3.07. The number of esters is 1. The lowest BCUT2D eigenvalue weighted by Gasteiger charge is -2.23. The largest absolute Gasteiger partial charge is 0.425 e. The van der Waals surface area contributed by atoms with Crippen LogP contribution in [0, 0.1) is 0 Å². The van der Waals surface area contributed by atoms with Crippen molar-refractivity contribution in [3.63, 3.8) is 0 Å². The van der Waals surface area contributed by atoms with Crippen LogP contribution >= 0.6 is 0 Å². The van der Waals surface area contributed by atoms with Crippen LogP contribution in [0.2, 0.25) is 0 Å². The number of amides is 1. The first-order valence-corrected chi connectivity index (χ1v) is 8.40. The van der Waals surface area contributed by atoms with Crippen LogP contribution in [-0.4, -0.2) is 37.4 Å². The predicted octanol–water partition coefficient (Wildman–Crippen LogP) is 3.02. The van der Waals surface area contributed by atoms with Crippen molar-refractivity contribution in [1.82, 2.24) is 4.90 Å². The lowest BCUT2D eigenvalue weighted by Crippen LogP contribution is -2.31. The summed E-state index contributed by atoms with van der Waals surface area (Å²) in [6.45, 7) is 0.745. The first kappa shape index (κ1) is 17.2. The lowest BCUT2D eigenvalue weighted by atomic mass is 10.1. The summed E-state index contributed by atoms with van der Waals surface area (Å²) in [5, 5.41) is 0. The van der Waals surface area contributed by atoms with E-state index in [1.165, 1.54) is 0 Å². The van der Waals surface area contributed by atoms with Crippen LogP contribution in [0.1, 0.15) is 24.4 Å². The number of ether oxygens (including phenoxy) is 1. The van der Waals surface area contributed by atoms with Gasteiger partial charge in [0.2, 0.25) is 5.91 Å². The number of rotatable bonds is 5. The number of benzene rings is 2. The molecule has 0 aromatic heterocycles. The van der Waals surface area contributed by atoms with Gasteiger partial charge >= 0.3 is 5.97 Å². The van der Waals surface area contributed by atoms with Crippen LogP contribution in [0.15, 0.2) is 54.6 Å². The van der Waals surface area contributed by atoms with E-state index in [0.717, 1.165) is 24.2 Å². The molecule has 1 saturated heterocycles. The topological polar surface area (TPSA) is 49.9 Å². The van der Waals surface area contributed by atoms with Gasteiger partial charge in [-0.2, -0.15) is 0 Å². The lowest BCUT2D eigenvalue weighted by molar-refractivity contribution is -0.139. The van der Waals surface area contributed by atoms with Crippen LogP contribution in [0.25, 0.3) is 0 Å². The third-order valence-electron chi connectivity index (χ3n) is 4.30. The number of hydrogen-bond acceptors (Lipinski definition) is 4. The van der Waals surface area contributed by atoms with E-state index < -0.39 is 6.04 Å². The SMILES string of the molecule is CN(C)C(C(=O)Oc1ccc(N2CCCC2=O)cc1)c1ccccc1. The second kappa shape index (κ2) is 7.49. The first-order valence-electron chi connectivity index (χ1n) is 8.40. The molecule has 2 aromatic rings. The minimum absolute atomic E-state index is 0.140. The van der Waals surface area contributed by atoms with Gasteiger partial charge in [-0.15, -0.1) is 0 Å². The molecular formula is C20H22N2O3. The Bertz CT molecular complexity index is 741. The van der Waals surface area contributed by atoms with Crippen molar-refractivity contribution in [2.45, 2.75) is 18.9 Å². The normalized spacial score (nSPS) is 15.5. The summed E-state index contributed by atoms with van der Waals surface area (Å²) in [7, 11) is 3.70. The maximum absolute atomic E-state index is 12.6. The number of carbonyl (C=O) groups excluding carboxylic acids is 2. The van der Waals surface area contributed by atoms with Gasteiger partial charge in [0.05, 0.1) is 0 Å². The van der Waals surface area contributed by atoms with Crippen molar-refractivity contribution in [2.24, 2.45) is 0 Å². The number of anilines is 1. The zero-order valence-corrected chi connectivity index (χ0v) is 14.5. The van der Waals surface area contributed by atoms with Gasteiger partial charge in [-0.25, -0.2) is 4.79 Å². The van der Waals surface area contributed by atoms with E-state index in [2.05, 4.69) is 0 Å². The molecule has 25 heavy (non-hydrogen) atoms. The van der Waals surface area contributed by atoms with E-state index in [4.69, 9.17) is 4.74 Å². The van der Waals surface area contributed by atoms with Crippen molar-refractivity contribution in [3.8, 4) is 5.75 Å². The average molecular weight is 338 g/mol. The Morgan fingerprint density at radius 3 is 2.32 bits per heavy atom. The third kappa shape index (κ3) is 3.88. The molecule has 1 aliphatic heterocycles. The molecular weight excluding hydrogens is 316 g/mol. The smallest absolute Gasteiger partial charge is 0.333 e. The summed E-state index contributed by atoms with van der Waals surface area (Å²) in [6, 6.07) is 16.2. The molecule has 0 N–H and O–H groups in total. The van der Waals surface area contributed by atoms with Crippen LogP contribution in [0.3, 0.4) is 0 Å². The molecule has 1 unspecified atom stereocenters. The summed E-state index contributed by atoms with van der Waals surface area (Å²) < 4.78 is 5.55. The molecule has 0 bridgehead atoms. The van der Waals surface area contributed by atoms with Crippen molar-refractivity contribution >= 4 is 17.6 Å². The van der Waals surface area contributed by atoms with Crippen LogP contribution in [-0.2, 0) is 9.59 Å². The summed E-state index contributed by atoms with van der Waals surface area (Å²) in [5.41, 5.74) is 1.73. The van der Waals surface area contributed by atoms with Gasteiger partial charge in [0.15, 0.2) is 0 Å². The van der Waals surface area contributed by atoms with E-state index in [-0.39, 0.29) is 11.9 Å². The van der Waals surface area contributed by atoms with Gasteiger partial charge in [0, 0.05) is 18.7 Å². The second-order valence-electron chi connectivity index (χ2n) is 6.34. The molecule has 130 valence electrons. The number of carbonyl (C=O) groups is 2. The molecule has 1 atom stereocenters. The molecule has 1 amide bonds. The Kier molecular flexibility index (Phi) is 5.14. The standard InChI is InChI=1S/C20H22N2O3/c1-21(2)19(15-7-4-3-5-8-15)20(24)25-17-12-10-16(11-13-17)22-14-6-9-18(22)23/h3-5,7-8,10-13,19H,6,9,14H2,1-2H3. The summed E-state index contributed by atoms with van der Waals surface area (Å²) in [4.78, 5) is 28.0. The molecule has 0 aliphatic carbocycles. The van der Waals surface area contributed by atoms with Crippen molar-refractivity contribution in [3.05, 3.63) is 60.2 Å². The Balaban J connectivity index is 1.72. The monoisotopic (exact) mass is 338 g/mol. The Morgan fingerprint density at radius 2 is 1.76 bits per heavy atom. The zero-order valence-electron chi connectivity index (χ0n) is 14.5. The third-order valence-corrected chi connectivity index (χ3v) is 4.30. The van der Waals surface area contributed by atoms with E-state index >= 15 is 0 Å². The molecule has 3 rings (SSSR count). The Hall–Kier alpha value is -2.66. The van der Waals surface area contributed by atoms with Crippen molar-refractivity contribution < 1.29 is 14.3 Å². The van der Waals surface area contributed by atoms with Gasteiger partial charge < -0.3 is 9.64 Å². The second-order valence-corrected chi connectivity index (χ2v) is 6.34. The fraction of sp³-hybridized carbons (Fsp3) is 0.300. The Labute approximate surface area is 147 Å². The zero-order chi connectivity index (χ0) is 17.8. The minimum atomic E-state index is -0.471. The van der Waals surface area contributed by atoms with E-state index in [0.29, 0.717) is 12.2 Å². The molecule has 2 aromatic carbocycles. The molecule has 0 radical (unpaired) electrons. The molecule has 1 heterocycles. The van der Waals surface area contributed by atoms with Gasteiger partial charge in [0.25, 0.3) is 0 Å². The molecule has 0 saturated carbocycles. The van der Waals surface area contributed by atoms with Gasteiger partial charge in [-0.1, -0.05) is 30.3 Å². The summed E-state index contributed by atoms with van der Waals surface area (Å²) in [6.07, 6.45) is 1.48. The number of hydrogen-bond donors (Lipinski definition) is 0. The molecule has 0 spiro atoms. The summed E-state index contributed by atoms with van der Waals surface area (Å²) in [5.74, 6) is 0.283. The maximum atomic E-state index is 12.6. The van der Waals surface area contributed by atoms with Crippen LogP contribution in [0.5, 0.6) is 5.75 Å². The maximum Gasteiger partial charge on any atom is 0.333 e. The fourth-order valence-electron chi connectivity index (χ4n) is 3.07. The number of nitrogens with zero attached hydrogens (tertiary/aromatic N) is 2. The highest BCUT2D eigenvalue weighted by Crippen LogP contribution is 2.26. The Morgan fingerprint density at radius 1 is 1.08 bits per heavy atom. The molecule has 1 aliphatic rings. The predicted molar refractivity (Wildman–Crippen MR) is 96.5 cm³/mol. The van der Waals surface area contributed by atoms with Gasteiger partial charge in [-0.3, -0.25) is 9.69 Å². The highest BCUT2D eigenvalue weighted by atomic mass is 16.5. The van der Waals surface area contributed by atoms with Crippen LogP contribution < -0.4 is 9.64 Å².